The number of ketones is 1. The first-order valence-corrected chi connectivity index (χ1v) is 4.62. The molecular weight excluding hydrogens is 242 g/mol. The molecule has 0 saturated carbocycles. The largest absolute Gasteiger partial charge is 0.463 e. The van der Waals surface area contributed by atoms with Crippen LogP contribution in [0.15, 0.2) is 18.2 Å². The number of carbonyl (C=O) groups excluding carboxylic acids is 2. The van der Waals surface area contributed by atoms with Crippen LogP contribution < -0.4 is 0 Å². The highest BCUT2D eigenvalue weighted by Gasteiger charge is 2.26. The first kappa shape index (κ1) is 12.6. The van der Waals surface area contributed by atoms with Crippen LogP contribution in [0.1, 0.15) is 10.9 Å². The molecule has 0 amide bonds. The van der Waals surface area contributed by atoms with Gasteiger partial charge in [-0.3, -0.25) is 4.79 Å². The van der Waals surface area contributed by atoms with E-state index in [2.05, 4.69) is 4.74 Å². The molecule has 0 N–H and O–H groups in total. The number of esters is 1. The smallest absolute Gasteiger partial charge is 0.376 e. The van der Waals surface area contributed by atoms with E-state index in [9.17, 15) is 18.4 Å². The van der Waals surface area contributed by atoms with Crippen molar-refractivity contribution in [1.29, 1.82) is 0 Å². The maximum Gasteiger partial charge on any atom is 0.376 e. The second-order valence-electron chi connectivity index (χ2n) is 2.89. The first-order chi connectivity index (χ1) is 7.47. The Hall–Kier alpha value is -1.49. The van der Waals surface area contributed by atoms with Gasteiger partial charge in [0.05, 0.1) is 7.11 Å². The van der Waals surface area contributed by atoms with Crippen molar-refractivity contribution in [3.8, 4) is 0 Å². The molecule has 0 radical (unpaired) electrons. The zero-order valence-electron chi connectivity index (χ0n) is 8.17. The van der Waals surface area contributed by atoms with Gasteiger partial charge in [0.15, 0.2) is 11.6 Å². The van der Waals surface area contributed by atoms with E-state index in [0.29, 0.717) is 0 Å². The number of methoxy groups -OCH3 is 1. The predicted octanol–water partition coefficient (Wildman–Crippen LogP) is 1.99. The topological polar surface area (TPSA) is 43.4 Å². The minimum atomic E-state index is -1.39. The predicted molar refractivity (Wildman–Crippen MR) is 52.0 cm³/mol. The van der Waals surface area contributed by atoms with E-state index in [1.165, 1.54) is 0 Å². The first-order valence-electron chi connectivity index (χ1n) is 4.18. The lowest BCUT2D eigenvalue weighted by Crippen LogP contribution is -2.20. The monoisotopic (exact) mass is 248 g/mol. The fourth-order valence-electron chi connectivity index (χ4n) is 1.03. The van der Waals surface area contributed by atoms with E-state index in [1.54, 1.807) is 0 Å². The quantitative estimate of drug-likeness (QED) is 0.467. The second kappa shape index (κ2) is 5.03. The molecule has 0 heterocycles. The second-order valence-corrected chi connectivity index (χ2v) is 3.33. The van der Waals surface area contributed by atoms with Crippen molar-refractivity contribution in [1.82, 2.24) is 0 Å². The van der Waals surface area contributed by atoms with E-state index < -0.39 is 28.8 Å². The molecule has 0 aliphatic rings. The Morgan fingerprint density at radius 2 is 1.94 bits per heavy atom. The zero-order valence-corrected chi connectivity index (χ0v) is 8.92. The summed E-state index contributed by atoms with van der Waals surface area (Å²) in [6.07, 6.45) is 0. The van der Waals surface area contributed by atoms with Crippen molar-refractivity contribution >= 4 is 23.4 Å². The van der Waals surface area contributed by atoms with E-state index in [4.69, 9.17) is 11.6 Å². The maximum atomic E-state index is 12.8. The van der Waals surface area contributed by atoms with Crippen LogP contribution in [-0.4, -0.2) is 18.9 Å². The van der Waals surface area contributed by atoms with Crippen molar-refractivity contribution in [2.75, 3.05) is 7.11 Å². The molecule has 1 rings (SSSR count). The summed E-state index contributed by atoms with van der Waals surface area (Å²) in [5.41, 5.74) is -0.00373. The van der Waals surface area contributed by atoms with Crippen molar-refractivity contribution < 1.29 is 23.1 Å². The van der Waals surface area contributed by atoms with Crippen molar-refractivity contribution in [2.24, 2.45) is 0 Å². The molecule has 1 aromatic rings. The van der Waals surface area contributed by atoms with Gasteiger partial charge in [0, 0.05) is 0 Å². The zero-order chi connectivity index (χ0) is 12.3. The molecule has 3 nitrogen and oxygen atoms in total. The molecule has 0 aliphatic carbocycles. The standard InChI is InChI=1S/C10H7ClF2O3/c1-16-10(15)9(14)8(11)5-2-3-6(12)7(13)4-5/h2-4,8H,1H3. The fourth-order valence-corrected chi connectivity index (χ4v) is 1.25. The number of Topliss-reactive ketones (excluding diaryl/α,β-unsaturated/α-hetero) is 1. The van der Waals surface area contributed by atoms with Crippen LogP contribution in [0.3, 0.4) is 0 Å². The molecule has 0 aromatic heterocycles. The van der Waals surface area contributed by atoms with Gasteiger partial charge in [-0.15, -0.1) is 11.6 Å². The molecule has 0 spiro atoms. The number of ether oxygens (including phenoxy) is 1. The van der Waals surface area contributed by atoms with Crippen LogP contribution >= 0.6 is 11.6 Å². The molecule has 1 aromatic carbocycles. The third kappa shape index (κ3) is 2.55. The number of halogens is 3. The fraction of sp³-hybridized carbons (Fsp3) is 0.200. The van der Waals surface area contributed by atoms with Gasteiger partial charge in [0.25, 0.3) is 5.78 Å². The van der Waals surface area contributed by atoms with Gasteiger partial charge < -0.3 is 4.74 Å². The van der Waals surface area contributed by atoms with Gasteiger partial charge in [-0.2, -0.15) is 0 Å². The van der Waals surface area contributed by atoms with Crippen molar-refractivity contribution in [3.05, 3.63) is 35.4 Å². The van der Waals surface area contributed by atoms with Crippen LogP contribution in [0.5, 0.6) is 0 Å². The highest BCUT2D eigenvalue weighted by Crippen LogP contribution is 2.23. The molecule has 0 bridgehead atoms. The molecule has 0 aliphatic heterocycles. The summed E-state index contributed by atoms with van der Waals surface area (Å²) in [6, 6.07) is 2.70. The summed E-state index contributed by atoms with van der Waals surface area (Å²) in [6.45, 7) is 0. The Morgan fingerprint density at radius 3 is 2.44 bits per heavy atom. The summed E-state index contributed by atoms with van der Waals surface area (Å²) in [5.74, 6) is -4.36. The van der Waals surface area contributed by atoms with Gasteiger partial charge in [0.2, 0.25) is 0 Å². The number of alkyl halides is 1. The van der Waals surface area contributed by atoms with Crippen molar-refractivity contribution in [2.45, 2.75) is 5.38 Å². The van der Waals surface area contributed by atoms with Gasteiger partial charge in [-0.25, -0.2) is 13.6 Å². The average molecular weight is 249 g/mol. The van der Waals surface area contributed by atoms with Crippen LogP contribution in [0, 0.1) is 11.6 Å². The minimum absolute atomic E-state index is 0.00373. The molecule has 0 fully saturated rings. The minimum Gasteiger partial charge on any atom is -0.463 e. The Bertz CT molecular complexity index is 434. The molecular formula is C10H7ClF2O3. The summed E-state index contributed by atoms with van der Waals surface area (Å²) in [7, 11) is 1.02. The third-order valence-electron chi connectivity index (χ3n) is 1.85. The summed E-state index contributed by atoms with van der Waals surface area (Å²) in [5, 5.41) is -1.39. The normalized spacial score (nSPS) is 12.0. The molecule has 16 heavy (non-hydrogen) atoms. The lowest BCUT2D eigenvalue weighted by molar-refractivity contribution is -0.151. The Kier molecular flexibility index (Phi) is 3.95. The highest BCUT2D eigenvalue weighted by molar-refractivity contribution is 6.47. The number of rotatable bonds is 3. The SMILES string of the molecule is COC(=O)C(=O)C(Cl)c1ccc(F)c(F)c1. The molecule has 86 valence electrons. The summed E-state index contributed by atoms with van der Waals surface area (Å²) < 4.78 is 29.6. The number of carbonyl (C=O) groups is 2. The molecule has 1 atom stereocenters. The average Bonchev–Trinajstić information content (AvgIpc) is 2.29. The maximum absolute atomic E-state index is 12.8. The van der Waals surface area contributed by atoms with Crippen LogP contribution in [0.2, 0.25) is 0 Å². The molecule has 1 unspecified atom stereocenters. The van der Waals surface area contributed by atoms with E-state index >= 15 is 0 Å². The van der Waals surface area contributed by atoms with Crippen molar-refractivity contribution in [3.63, 3.8) is 0 Å². The van der Waals surface area contributed by atoms with Gasteiger partial charge in [-0.1, -0.05) is 6.07 Å². The highest BCUT2D eigenvalue weighted by atomic mass is 35.5. The van der Waals surface area contributed by atoms with Gasteiger partial charge in [-0.05, 0) is 17.7 Å². The third-order valence-corrected chi connectivity index (χ3v) is 2.30. The van der Waals surface area contributed by atoms with E-state index in [-0.39, 0.29) is 5.56 Å². The molecule has 6 heteroatoms. The number of hydrogen-bond donors (Lipinski definition) is 0. The van der Waals surface area contributed by atoms with Gasteiger partial charge in [0.1, 0.15) is 5.38 Å². The Morgan fingerprint density at radius 1 is 1.31 bits per heavy atom. The molecule has 0 saturated heterocycles. The Labute approximate surface area is 95.0 Å². The number of benzene rings is 1. The lowest BCUT2D eigenvalue weighted by atomic mass is 10.1. The lowest BCUT2D eigenvalue weighted by Gasteiger charge is -2.07. The summed E-state index contributed by atoms with van der Waals surface area (Å²) in [4.78, 5) is 22.1. The van der Waals surface area contributed by atoms with Gasteiger partial charge >= 0.3 is 5.97 Å². The number of hydrogen-bond acceptors (Lipinski definition) is 3. The van der Waals surface area contributed by atoms with E-state index in [0.717, 1.165) is 25.3 Å². The summed E-state index contributed by atoms with van der Waals surface area (Å²) >= 11 is 5.62. The van der Waals surface area contributed by atoms with E-state index in [1.807, 2.05) is 0 Å². The van der Waals surface area contributed by atoms with Crippen LogP contribution in [0.4, 0.5) is 8.78 Å². The van der Waals surface area contributed by atoms with Crippen LogP contribution in [0.25, 0.3) is 0 Å². The Balaban J connectivity index is 2.96. The van der Waals surface area contributed by atoms with Crippen LogP contribution in [-0.2, 0) is 14.3 Å².